The molecule has 33 heavy (non-hydrogen) atoms. The normalized spacial score (nSPS) is 11.1. The van der Waals surface area contributed by atoms with E-state index in [4.69, 9.17) is 10.00 Å². The predicted molar refractivity (Wildman–Crippen MR) is 127 cm³/mol. The second kappa shape index (κ2) is 10.8. The van der Waals surface area contributed by atoms with Crippen LogP contribution in [0.5, 0.6) is 5.75 Å². The molecule has 0 radical (unpaired) electrons. The molecule has 8 heteroatoms. The van der Waals surface area contributed by atoms with Crippen molar-refractivity contribution in [3.05, 3.63) is 78.4 Å². The van der Waals surface area contributed by atoms with Gasteiger partial charge in [0.1, 0.15) is 5.75 Å². The highest BCUT2D eigenvalue weighted by Gasteiger charge is 2.21. The third kappa shape index (κ3) is 5.98. The molecule has 0 bridgehead atoms. The van der Waals surface area contributed by atoms with Crippen LogP contribution in [0.1, 0.15) is 19.4 Å². The lowest BCUT2D eigenvalue weighted by atomic mass is 10.0. The number of amides is 1. The third-order valence-electron chi connectivity index (χ3n) is 5.05. The first-order valence-electron chi connectivity index (χ1n) is 10.5. The van der Waals surface area contributed by atoms with E-state index in [1.807, 2.05) is 24.3 Å². The number of sulfonamides is 1. The molecule has 0 unspecified atom stereocenters. The van der Waals surface area contributed by atoms with Crippen LogP contribution in [0.4, 0.5) is 5.69 Å². The minimum Gasteiger partial charge on any atom is -0.484 e. The minimum atomic E-state index is -3.54. The molecule has 3 rings (SSSR count). The van der Waals surface area contributed by atoms with Gasteiger partial charge in [-0.05, 0) is 59.7 Å². The SMILES string of the molecule is CCN(CC)S(=O)(=O)c1ccc(NC(=O)COc2ccc(-c3ccc(C#N)cc3)cc2)cc1. The molecule has 0 saturated carbocycles. The van der Waals surface area contributed by atoms with Gasteiger partial charge in [-0.2, -0.15) is 9.57 Å². The van der Waals surface area contributed by atoms with Crippen LogP contribution in [0.3, 0.4) is 0 Å². The predicted octanol–water partition coefficient (Wildman–Crippen LogP) is 4.27. The van der Waals surface area contributed by atoms with E-state index in [-0.39, 0.29) is 17.4 Å². The molecule has 0 aliphatic carbocycles. The highest BCUT2D eigenvalue weighted by atomic mass is 32.2. The average molecular weight is 464 g/mol. The lowest BCUT2D eigenvalue weighted by Crippen LogP contribution is -2.30. The van der Waals surface area contributed by atoms with E-state index >= 15 is 0 Å². The first-order chi connectivity index (χ1) is 15.9. The standard InChI is InChI=1S/C25H25N3O4S/c1-3-28(4-2)33(30,31)24-15-11-22(12-16-24)27-25(29)18-32-23-13-9-21(10-14-23)20-7-5-19(17-26)6-8-20/h5-16H,3-4,18H2,1-2H3,(H,27,29). The molecule has 0 spiro atoms. The number of carbonyl (C=O) groups excluding carboxylic acids is 1. The number of anilines is 1. The molecule has 7 nitrogen and oxygen atoms in total. The van der Waals surface area contributed by atoms with E-state index in [9.17, 15) is 13.2 Å². The molecular weight excluding hydrogens is 438 g/mol. The van der Waals surface area contributed by atoms with Crippen LogP contribution >= 0.6 is 0 Å². The Morgan fingerprint density at radius 2 is 1.45 bits per heavy atom. The molecule has 0 saturated heterocycles. The topological polar surface area (TPSA) is 99.5 Å². The van der Waals surface area contributed by atoms with E-state index < -0.39 is 10.0 Å². The smallest absolute Gasteiger partial charge is 0.262 e. The Hall–Kier alpha value is -3.67. The number of benzene rings is 3. The van der Waals surface area contributed by atoms with Crippen molar-refractivity contribution >= 4 is 21.6 Å². The van der Waals surface area contributed by atoms with Crippen molar-refractivity contribution in [3.63, 3.8) is 0 Å². The number of hydrogen-bond acceptors (Lipinski definition) is 5. The first-order valence-corrected chi connectivity index (χ1v) is 11.9. The quantitative estimate of drug-likeness (QED) is 0.511. The summed E-state index contributed by atoms with van der Waals surface area (Å²) in [7, 11) is -3.54. The lowest BCUT2D eigenvalue weighted by Gasteiger charge is -2.18. The van der Waals surface area contributed by atoms with Gasteiger partial charge in [-0.3, -0.25) is 4.79 Å². The van der Waals surface area contributed by atoms with Crippen molar-refractivity contribution < 1.29 is 17.9 Å². The molecule has 0 aliphatic rings. The van der Waals surface area contributed by atoms with Crippen molar-refractivity contribution in [1.82, 2.24) is 4.31 Å². The molecule has 0 fully saturated rings. The monoisotopic (exact) mass is 463 g/mol. The Bertz CT molecular complexity index is 1230. The maximum absolute atomic E-state index is 12.5. The molecule has 0 aliphatic heterocycles. The van der Waals surface area contributed by atoms with Crippen LogP contribution in [-0.4, -0.2) is 38.3 Å². The summed E-state index contributed by atoms with van der Waals surface area (Å²) in [6.07, 6.45) is 0. The van der Waals surface area contributed by atoms with E-state index in [0.717, 1.165) is 11.1 Å². The van der Waals surface area contributed by atoms with Crippen molar-refractivity contribution in [2.24, 2.45) is 0 Å². The first kappa shape index (κ1) is 24.0. The molecule has 1 N–H and O–H groups in total. The number of nitrogens with one attached hydrogen (secondary N) is 1. The number of nitriles is 1. The Morgan fingerprint density at radius 3 is 1.97 bits per heavy atom. The zero-order valence-corrected chi connectivity index (χ0v) is 19.3. The summed E-state index contributed by atoms with van der Waals surface area (Å²) in [4.78, 5) is 12.4. The third-order valence-corrected chi connectivity index (χ3v) is 7.12. The van der Waals surface area contributed by atoms with Crippen molar-refractivity contribution in [2.45, 2.75) is 18.7 Å². The summed E-state index contributed by atoms with van der Waals surface area (Å²) in [5.74, 6) is 0.189. The fraction of sp³-hybridized carbons (Fsp3) is 0.200. The molecule has 0 aromatic heterocycles. The van der Waals surface area contributed by atoms with Crippen LogP contribution in [0, 0.1) is 11.3 Å². The van der Waals surface area contributed by atoms with Gasteiger partial charge >= 0.3 is 0 Å². The van der Waals surface area contributed by atoms with Gasteiger partial charge in [0.15, 0.2) is 6.61 Å². The molecule has 0 heterocycles. The highest BCUT2D eigenvalue weighted by molar-refractivity contribution is 7.89. The van der Waals surface area contributed by atoms with Crippen LogP contribution in [0.25, 0.3) is 11.1 Å². The molecule has 0 atom stereocenters. The van der Waals surface area contributed by atoms with Crippen LogP contribution in [0.15, 0.2) is 77.7 Å². The van der Waals surface area contributed by atoms with E-state index in [2.05, 4.69) is 11.4 Å². The average Bonchev–Trinajstić information content (AvgIpc) is 2.84. The van der Waals surface area contributed by atoms with E-state index in [1.165, 1.54) is 16.4 Å². The number of rotatable bonds is 9. The summed E-state index contributed by atoms with van der Waals surface area (Å²) in [5, 5.41) is 11.6. The van der Waals surface area contributed by atoms with Gasteiger partial charge in [0.05, 0.1) is 16.5 Å². The summed E-state index contributed by atoms with van der Waals surface area (Å²) in [6.45, 7) is 4.17. The molecule has 170 valence electrons. The molecular formula is C25H25N3O4S. The summed E-state index contributed by atoms with van der Waals surface area (Å²) < 4.78 is 32.0. The maximum atomic E-state index is 12.5. The zero-order chi connectivity index (χ0) is 23.8. The number of hydrogen-bond donors (Lipinski definition) is 1. The molecule has 3 aromatic rings. The zero-order valence-electron chi connectivity index (χ0n) is 18.5. The Kier molecular flexibility index (Phi) is 7.83. The molecule has 3 aromatic carbocycles. The van der Waals surface area contributed by atoms with Crippen molar-refractivity contribution in [1.29, 1.82) is 5.26 Å². The highest BCUT2D eigenvalue weighted by Crippen LogP contribution is 2.23. The van der Waals surface area contributed by atoms with Gasteiger partial charge in [-0.25, -0.2) is 8.42 Å². The van der Waals surface area contributed by atoms with Crippen LogP contribution in [-0.2, 0) is 14.8 Å². The van der Waals surface area contributed by atoms with Crippen LogP contribution in [0.2, 0.25) is 0 Å². The Labute approximate surface area is 194 Å². The van der Waals surface area contributed by atoms with Gasteiger partial charge in [0, 0.05) is 18.8 Å². The number of nitrogens with zero attached hydrogens (tertiary/aromatic N) is 2. The fourth-order valence-electron chi connectivity index (χ4n) is 3.25. The van der Waals surface area contributed by atoms with Gasteiger partial charge in [-0.1, -0.05) is 38.1 Å². The van der Waals surface area contributed by atoms with E-state index in [0.29, 0.717) is 30.1 Å². The van der Waals surface area contributed by atoms with Gasteiger partial charge in [-0.15, -0.1) is 0 Å². The second-order valence-electron chi connectivity index (χ2n) is 7.16. The summed E-state index contributed by atoms with van der Waals surface area (Å²) >= 11 is 0. The minimum absolute atomic E-state index is 0.183. The van der Waals surface area contributed by atoms with Gasteiger partial charge in [0.2, 0.25) is 10.0 Å². The van der Waals surface area contributed by atoms with E-state index in [1.54, 1.807) is 50.2 Å². The largest absolute Gasteiger partial charge is 0.484 e. The maximum Gasteiger partial charge on any atom is 0.262 e. The Balaban J connectivity index is 1.55. The summed E-state index contributed by atoms with van der Waals surface area (Å²) in [5.41, 5.74) is 3.03. The van der Waals surface area contributed by atoms with Gasteiger partial charge in [0.25, 0.3) is 5.91 Å². The van der Waals surface area contributed by atoms with Gasteiger partial charge < -0.3 is 10.1 Å². The van der Waals surface area contributed by atoms with Crippen molar-refractivity contribution in [2.75, 3.05) is 25.0 Å². The second-order valence-corrected chi connectivity index (χ2v) is 9.10. The Morgan fingerprint density at radius 1 is 0.909 bits per heavy atom. The summed E-state index contributed by atoms with van der Waals surface area (Å²) in [6, 6.07) is 22.7. The van der Waals surface area contributed by atoms with Crippen molar-refractivity contribution in [3.8, 4) is 22.9 Å². The fourth-order valence-corrected chi connectivity index (χ4v) is 4.71. The molecule has 1 amide bonds. The van der Waals surface area contributed by atoms with Crippen LogP contribution < -0.4 is 10.1 Å². The number of carbonyl (C=O) groups is 1. The lowest BCUT2D eigenvalue weighted by molar-refractivity contribution is -0.118. The number of ether oxygens (including phenoxy) is 1.